The van der Waals surface area contributed by atoms with Crippen molar-refractivity contribution >= 4 is 52.9 Å². The van der Waals surface area contributed by atoms with E-state index in [4.69, 9.17) is 21.1 Å². The fourth-order valence-corrected chi connectivity index (χ4v) is 4.47. The van der Waals surface area contributed by atoms with Gasteiger partial charge in [-0.3, -0.25) is 9.89 Å². The average Bonchev–Trinajstić information content (AvgIpc) is 3.15. The van der Waals surface area contributed by atoms with Gasteiger partial charge in [-0.2, -0.15) is 0 Å². The molecule has 2 heterocycles. The van der Waals surface area contributed by atoms with Gasteiger partial charge in [-0.05, 0) is 29.8 Å². The number of hydrogen-bond donors (Lipinski definition) is 2. The molecule has 0 spiro atoms. The third-order valence-electron chi connectivity index (χ3n) is 4.88. The first-order valence-electron chi connectivity index (χ1n) is 9.40. The number of nitrogens with zero attached hydrogens (tertiary/aromatic N) is 3. The molecule has 1 aromatic heterocycles. The van der Waals surface area contributed by atoms with Gasteiger partial charge in [-0.1, -0.05) is 11.6 Å². The van der Waals surface area contributed by atoms with Gasteiger partial charge >= 0.3 is 0 Å². The van der Waals surface area contributed by atoms with E-state index in [0.29, 0.717) is 18.0 Å². The molecule has 0 bridgehead atoms. The molecule has 1 aliphatic rings. The molecular weight excluding hydrogens is 539 g/mol. The van der Waals surface area contributed by atoms with E-state index in [0.717, 1.165) is 48.6 Å². The number of halogens is 2. The fourth-order valence-electron chi connectivity index (χ4n) is 3.34. The van der Waals surface area contributed by atoms with Crippen molar-refractivity contribution in [1.29, 1.82) is 0 Å². The third kappa shape index (κ3) is 6.29. The molecule has 0 amide bonds. The summed E-state index contributed by atoms with van der Waals surface area (Å²) in [7, 11) is 4.84. The molecule has 2 N–H and O–H groups in total. The Kier molecular flexibility index (Phi) is 9.79. The number of phenols is 1. The summed E-state index contributed by atoms with van der Waals surface area (Å²) in [6.45, 7) is 5.23. The zero-order valence-electron chi connectivity index (χ0n) is 17.4. The lowest BCUT2D eigenvalue weighted by atomic mass is 10.2. The van der Waals surface area contributed by atoms with E-state index in [-0.39, 0.29) is 29.7 Å². The zero-order valence-corrected chi connectivity index (χ0v) is 21.3. The standard InChI is InChI=1S/C20H27ClN4O3S.HI/c1-22-20(23-12-14-10-16(27-2)19(26)17(11-14)28-3)25-8-6-24(7-9-25)13-15-4-5-18(21)29-15;/h4-5,10-11,26H,6-9,12-13H2,1-3H3,(H,22,23);1H. The summed E-state index contributed by atoms with van der Waals surface area (Å²) in [4.78, 5) is 10.4. The lowest BCUT2D eigenvalue weighted by molar-refractivity contribution is 0.173. The van der Waals surface area contributed by atoms with Crippen molar-refractivity contribution in [2.75, 3.05) is 47.4 Å². The summed E-state index contributed by atoms with van der Waals surface area (Å²) >= 11 is 7.67. The van der Waals surface area contributed by atoms with E-state index in [9.17, 15) is 5.11 Å². The Morgan fingerprint density at radius 1 is 1.17 bits per heavy atom. The maximum atomic E-state index is 10.1. The highest BCUT2D eigenvalue weighted by atomic mass is 127. The van der Waals surface area contributed by atoms with Crippen LogP contribution in [0.25, 0.3) is 0 Å². The Bertz CT molecular complexity index is 831. The average molecular weight is 567 g/mol. The number of phenolic OH excluding ortho intramolecular Hbond substituents is 1. The van der Waals surface area contributed by atoms with Gasteiger partial charge in [-0.25, -0.2) is 0 Å². The molecule has 0 atom stereocenters. The highest BCUT2D eigenvalue weighted by Crippen LogP contribution is 2.37. The van der Waals surface area contributed by atoms with E-state index < -0.39 is 0 Å². The van der Waals surface area contributed by atoms with Crippen LogP contribution in [0.15, 0.2) is 29.3 Å². The minimum absolute atomic E-state index is 0. The number of rotatable bonds is 6. The number of hydrogen-bond acceptors (Lipinski definition) is 6. The van der Waals surface area contributed by atoms with Crippen LogP contribution in [0.4, 0.5) is 0 Å². The van der Waals surface area contributed by atoms with Crippen LogP contribution in [0.3, 0.4) is 0 Å². The Hall–Kier alpha value is -1.43. The second-order valence-electron chi connectivity index (χ2n) is 6.72. The third-order valence-corrected chi connectivity index (χ3v) is 6.10. The predicted molar refractivity (Wildman–Crippen MR) is 133 cm³/mol. The van der Waals surface area contributed by atoms with Gasteiger partial charge in [0.2, 0.25) is 5.75 Å². The number of piperazine rings is 1. The minimum Gasteiger partial charge on any atom is -0.502 e. The Morgan fingerprint density at radius 2 is 1.80 bits per heavy atom. The number of aliphatic imine (C=N–C) groups is 1. The fraction of sp³-hybridized carbons (Fsp3) is 0.450. The zero-order chi connectivity index (χ0) is 20.8. The molecule has 0 saturated carbocycles. The number of methoxy groups -OCH3 is 2. The van der Waals surface area contributed by atoms with E-state index in [2.05, 4.69) is 26.2 Å². The molecule has 0 radical (unpaired) electrons. The summed E-state index contributed by atoms with van der Waals surface area (Å²) in [5, 5.41) is 13.5. The van der Waals surface area contributed by atoms with Crippen molar-refractivity contribution in [3.05, 3.63) is 39.0 Å². The Morgan fingerprint density at radius 3 is 2.30 bits per heavy atom. The van der Waals surface area contributed by atoms with Crippen LogP contribution in [0.1, 0.15) is 10.4 Å². The molecule has 1 saturated heterocycles. The minimum atomic E-state index is 0. The summed E-state index contributed by atoms with van der Waals surface area (Å²) in [5.41, 5.74) is 0.936. The smallest absolute Gasteiger partial charge is 0.200 e. The van der Waals surface area contributed by atoms with Crippen molar-refractivity contribution in [2.45, 2.75) is 13.1 Å². The quantitative estimate of drug-likeness (QED) is 0.316. The van der Waals surface area contributed by atoms with Crippen LogP contribution in [-0.2, 0) is 13.1 Å². The highest BCUT2D eigenvalue weighted by molar-refractivity contribution is 14.0. The first-order valence-corrected chi connectivity index (χ1v) is 10.6. The van der Waals surface area contributed by atoms with Gasteiger partial charge in [0.1, 0.15) is 0 Å². The first kappa shape index (κ1) is 24.8. The molecule has 7 nitrogen and oxygen atoms in total. The molecule has 3 rings (SSSR count). The number of guanidine groups is 1. The summed E-state index contributed by atoms with van der Waals surface area (Å²) in [5.74, 6) is 1.64. The number of thiophene rings is 1. The molecule has 166 valence electrons. The number of ether oxygens (including phenoxy) is 2. The van der Waals surface area contributed by atoms with Crippen LogP contribution in [-0.4, -0.2) is 68.3 Å². The van der Waals surface area contributed by atoms with Crippen LogP contribution >= 0.6 is 46.9 Å². The molecule has 0 unspecified atom stereocenters. The lowest BCUT2D eigenvalue weighted by Crippen LogP contribution is -2.51. The SMILES string of the molecule is CN=C(NCc1cc(OC)c(O)c(OC)c1)N1CCN(Cc2ccc(Cl)s2)CC1.I. The molecule has 1 aliphatic heterocycles. The molecule has 0 aliphatic carbocycles. The van der Waals surface area contributed by atoms with E-state index in [1.54, 1.807) is 30.5 Å². The van der Waals surface area contributed by atoms with E-state index >= 15 is 0 Å². The Balaban J connectivity index is 0.00000320. The second-order valence-corrected chi connectivity index (χ2v) is 8.52. The maximum absolute atomic E-state index is 10.1. The van der Waals surface area contributed by atoms with Gasteiger partial charge in [0.25, 0.3) is 0 Å². The second kappa shape index (κ2) is 11.8. The van der Waals surface area contributed by atoms with Gasteiger partial charge in [0.15, 0.2) is 17.5 Å². The van der Waals surface area contributed by atoms with E-state index in [1.165, 1.54) is 19.1 Å². The monoisotopic (exact) mass is 566 g/mol. The normalized spacial score (nSPS) is 14.9. The van der Waals surface area contributed by atoms with Crippen molar-refractivity contribution in [3.63, 3.8) is 0 Å². The van der Waals surface area contributed by atoms with E-state index in [1.807, 2.05) is 6.07 Å². The van der Waals surface area contributed by atoms with Gasteiger partial charge in [0.05, 0.1) is 18.6 Å². The first-order chi connectivity index (χ1) is 14.0. The molecule has 10 heteroatoms. The number of aromatic hydroxyl groups is 1. The molecular formula is C20H28ClIN4O3S. The number of nitrogens with one attached hydrogen (secondary N) is 1. The van der Waals surface area contributed by atoms with Crippen molar-refractivity contribution in [2.24, 2.45) is 4.99 Å². The molecule has 30 heavy (non-hydrogen) atoms. The van der Waals surface area contributed by atoms with Crippen LogP contribution in [0, 0.1) is 0 Å². The van der Waals surface area contributed by atoms with Gasteiger partial charge in [-0.15, -0.1) is 35.3 Å². The van der Waals surface area contributed by atoms with Crippen LogP contribution < -0.4 is 14.8 Å². The molecule has 2 aromatic rings. The van der Waals surface area contributed by atoms with Gasteiger partial charge < -0.3 is 24.8 Å². The largest absolute Gasteiger partial charge is 0.502 e. The lowest BCUT2D eigenvalue weighted by Gasteiger charge is -2.36. The summed E-state index contributed by atoms with van der Waals surface area (Å²) in [6.07, 6.45) is 0. The molecule has 1 fully saturated rings. The van der Waals surface area contributed by atoms with Crippen molar-refractivity contribution < 1.29 is 14.6 Å². The predicted octanol–water partition coefficient (Wildman–Crippen LogP) is 3.64. The summed E-state index contributed by atoms with van der Waals surface area (Å²) < 4.78 is 11.3. The van der Waals surface area contributed by atoms with Crippen LogP contribution in [0.5, 0.6) is 17.2 Å². The molecule has 1 aromatic carbocycles. The summed E-state index contributed by atoms with van der Waals surface area (Å²) in [6, 6.07) is 7.64. The highest BCUT2D eigenvalue weighted by Gasteiger charge is 2.20. The number of benzene rings is 1. The topological polar surface area (TPSA) is 69.6 Å². The van der Waals surface area contributed by atoms with Gasteiger partial charge in [0, 0.05) is 51.2 Å². The maximum Gasteiger partial charge on any atom is 0.200 e. The Labute approximate surface area is 203 Å². The van der Waals surface area contributed by atoms with Crippen LogP contribution in [0.2, 0.25) is 4.34 Å². The van der Waals surface area contributed by atoms with Crippen molar-refractivity contribution in [1.82, 2.24) is 15.1 Å². The van der Waals surface area contributed by atoms with Crippen molar-refractivity contribution in [3.8, 4) is 17.2 Å².